The van der Waals surface area contributed by atoms with Crippen molar-refractivity contribution in [2.24, 2.45) is 0 Å². The lowest BCUT2D eigenvalue weighted by Crippen LogP contribution is -2.37. The van der Waals surface area contributed by atoms with Crippen molar-refractivity contribution in [3.63, 3.8) is 0 Å². The number of hydrogen-bond donors (Lipinski definition) is 2. The van der Waals surface area contributed by atoms with Gasteiger partial charge in [-0.05, 0) is 37.1 Å². The second-order valence-electron chi connectivity index (χ2n) is 5.22. The minimum Gasteiger partial charge on any atom is -0.399 e. The Labute approximate surface area is 122 Å². The minimum absolute atomic E-state index is 0.00165. The topological polar surface area (TPSA) is 84.4 Å². The molecule has 1 atom stereocenters. The zero-order valence-corrected chi connectivity index (χ0v) is 11.6. The summed E-state index contributed by atoms with van der Waals surface area (Å²) < 4.78 is 1.63. The zero-order chi connectivity index (χ0) is 14.8. The van der Waals surface area contributed by atoms with Gasteiger partial charge in [0.05, 0.1) is 18.3 Å². The number of aliphatic hydroxyl groups excluding tert-OH is 1. The molecule has 0 spiro atoms. The van der Waals surface area contributed by atoms with E-state index in [1.54, 1.807) is 34.0 Å². The molecule has 6 heteroatoms. The fourth-order valence-electron chi connectivity index (χ4n) is 2.69. The Morgan fingerprint density at radius 3 is 3.05 bits per heavy atom. The molecule has 110 valence electrons. The molecule has 2 heterocycles. The molecule has 2 aromatic rings. The van der Waals surface area contributed by atoms with Crippen molar-refractivity contribution in [1.29, 1.82) is 0 Å². The molecule has 1 aliphatic heterocycles. The molecular formula is C15H18N4O2. The third kappa shape index (κ3) is 2.62. The number of benzene rings is 1. The monoisotopic (exact) mass is 286 g/mol. The average molecular weight is 286 g/mol. The van der Waals surface area contributed by atoms with Gasteiger partial charge in [-0.2, -0.15) is 5.10 Å². The summed E-state index contributed by atoms with van der Waals surface area (Å²) in [5.74, 6) is -0.130. The average Bonchev–Trinajstić information content (AvgIpc) is 3.15. The van der Waals surface area contributed by atoms with Gasteiger partial charge in [0.25, 0.3) is 5.91 Å². The minimum atomic E-state index is -0.130. The zero-order valence-electron chi connectivity index (χ0n) is 11.6. The summed E-state index contributed by atoms with van der Waals surface area (Å²) in [6.45, 7) is 0.677. The number of amides is 1. The Morgan fingerprint density at radius 1 is 1.43 bits per heavy atom. The smallest absolute Gasteiger partial charge is 0.274 e. The van der Waals surface area contributed by atoms with Crippen LogP contribution in [0.3, 0.4) is 0 Å². The predicted molar refractivity (Wildman–Crippen MR) is 79.1 cm³/mol. The van der Waals surface area contributed by atoms with Crippen LogP contribution in [0.25, 0.3) is 5.69 Å². The molecule has 0 unspecified atom stereocenters. The van der Waals surface area contributed by atoms with E-state index in [1.165, 1.54) is 0 Å². The standard InChI is InChI=1S/C15H18N4O2/c16-11-3-1-4-12(9-11)19-8-6-14(17-19)15(21)18-7-2-5-13(18)10-20/h1,3-4,6,8-9,13,20H,2,5,7,10,16H2/t13-/m1/s1. The van der Waals surface area contributed by atoms with Crippen LogP contribution in [-0.4, -0.2) is 44.9 Å². The van der Waals surface area contributed by atoms with Gasteiger partial charge < -0.3 is 15.7 Å². The van der Waals surface area contributed by atoms with Crippen LogP contribution in [0.2, 0.25) is 0 Å². The molecule has 1 aromatic heterocycles. The summed E-state index contributed by atoms with van der Waals surface area (Å²) in [5, 5.41) is 13.6. The van der Waals surface area contributed by atoms with E-state index in [0.29, 0.717) is 17.9 Å². The number of carbonyl (C=O) groups excluding carboxylic acids is 1. The molecule has 1 aliphatic rings. The SMILES string of the molecule is Nc1cccc(-n2ccc(C(=O)N3CCC[C@@H]3CO)n2)c1. The number of anilines is 1. The van der Waals surface area contributed by atoms with Gasteiger partial charge in [-0.25, -0.2) is 4.68 Å². The van der Waals surface area contributed by atoms with Gasteiger partial charge >= 0.3 is 0 Å². The number of likely N-dealkylation sites (tertiary alicyclic amines) is 1. The van der Waals surface area contributed by atoms with Crippen molar-refractivity contribution in [1.82, 2.24) is 14.7 Å². The summed E-state index contributed by atoms with van der Waals surface area (Å²) in [7, 11) is 0. The van der Waals surface area contributed by atoms with Crippen molar-refractivity contribution in [2.45, 2.75) is 18.9 Å². The van der Waals surface area contributed by atoms with Crippen molar-refractivity contribution in [2.75, 3.05) is 18.9 Å². The number of nitrogen functional groups attached to an aromatic ring is 1. The fourth-order valence-corrected chi connectivity index (χ4v) is 2.69. The van der Waals surface area contributed by atoms with Crippen LogP contribution < -0.4 is 5.73 Å². The van der Waals surface area contributed by atoms with Crippen LogP contribution in [0.1, 0.15) is 23.3 Å². The van der Waals surface area contributed by atoms with E-state index in [4.69, 9.17) is 5.73 Å². The maximum atomic E-state index is 12.4. The maximum absolute atomic E-state index is 12.4. The summed E-state index contributed by atoms with van der Waals surface area (Å²) in [6.07, 6.45) is 3.51. The molecule has 3 rings (SSSR count). The molecule has 0 bridgehead atoms. The quantitative estimate of drug-likeness (QED) is 0.826. The van der Waals surface area contributed by atoms with Gasteiger partial charge in [0.1, 0.15) is 0 Å². The summed E-state index contributed by atoms with van der Waals surface area (Å²) in [6, 6.07) is 8.93. The van der Waals surface area contributed by atoms with E-state index in [1.807, 2.05) is 12.1 Å². The first-order valence-corrected chi connectivity index (χ1v) is 7.02. The number of hydrogen-bond acceptors (Lipinski definition) is 4. The highest BCUT2D eigenvalue weighted by molar-refractivity contribution is 5.92. The number of rotatable bonds is 3. The number of carbonyl (C=O) groups is 1. The highest BCUT2D eigenvalue weighted by Gasteiger charge is 2.29. The van der Waals surface area contributed by atoms with Crippen LogP contribution >= 0.6 is 0 Å². The van der Waals surface area contributed by atoms with Crippen molar-refractivity contribution in [3.8, 4) is 5.69 Å². The molecule has 0 aliphatic carbocycles. The normalized spacial score (nSPS) is 18.1. The highest BCUT2D eigenvalue weighted by atomic mass is 16.3. The van der Waals surface area contributed by atoms with Gasteiger partial charge in [-0.15, -0.1) is 0 Å². The van der Waals surface area contributed by atoms with Crippen LogP contribution in [0.4, 0.5) is 5.69 Å². The molecule has 3 N–H and O–H groups in total. The molecule has 1 saturated heterocycles. The maximum Gasteiger partial charge on any atom is 0.274 e. The van der Waals surface area contributed by atoms with Gasteiger partial charge in [0.2, 0.25) is 0 Å². The van der Waals surface area contributed by atoms with Crippen LogP contribution in [0.5, 0.6) is 0 Å². The Kier molecular flexibility index (Phi) is 3.62. The molecule has 0 radical (unpaired) electrons. The second-order valence-corrected chi connectivity index (χ2v) is 5.22. The molecule has 1 amide bonds. The molecule has 1 fully saturated rings. The van der Waals surface area contributed by atoms with Gasteiger partial charge in [-0.1, -0.05) is 6.07 Å². The first-order valence-electron chi connectivity index (χ1n) is 7.02. The van der Waals surface area contributed by atoms with Gasteiger partial charge in [0.15, 0.2) is 5.69 Å². The number of aliphatic hydroxyl groups is 1. The van der Waals surface area contributed by atoms with Gasteiger partial charge in [-0.3, -0.25) is 4.79 Å². The lowest BCUT2D eigenvalue weighted by molar-refractivity contribution is 0.0671. The number of nitrogens with zero attached hydrogens (tertiary/aromatic N) is 3. The van der Waals surface area contributed by atoms with E-state index in [9.17, 15) is 9.90 Å². The highest BCUT2D eigenvalue weighted by Crippen LogP contribution is 2.19. The summed E-state index contributed by atoms with van der Waals surface area (Å²) in [4.78, 5) is 14.1. The largest absolute Gasteiger partial charge is 0.399 e. The van der Waals surface area contributed by atoms with Crippen molar-refractivity contribution < 1.29 is 9.90 Å². The molecular weight excluding hydrogens is 268 g/mol. The Hall–Kier alpha value is -2.34. The number of aromatic nitrogens is 2. The van der Waals surface area contributed by atoms with E-state index < -0.39 is 0 Å². The van der Waals surface area contributed by atoms with E-state index >= 15 is 0 Å². The third-order valence-corrected chi connectivity index (χ3v) is 3.79. The fraction of sp³-hybridized carbons (Fsp3) is 0.333. The van der Waals surface area contributed by atoms with E-state index in [2.05, 4.69) is 5.10 Å². The number of nitrogens with two attached hydrogens (primary N) is 1. The third-order valence-electron chi connectivity index (χ3n) is 3.79. The van der Waals surface area contributed by atoms with Crippen LogP contribution in [0.15, 0.2) is 36.5 Å². The van der Waals surface area contributed by atoms with E-state index in [-0.39, 0.29) is 18.6 Å². The lowest BCUT2D eigenvalue weighted by Gasteiger charge is -2.21. The van der Waals surface area contributed by atoms with E-state index in [0.717, 1.165) is 18.5 Å². The Morgan fingerprint density at radius 2 is 2.29 bits per heavy atom. The first kappa shape index (κ1) is 13.6. The Balaban J connectivity index is 1.83. The van der Waals surface area contributed by atoms with Gasteiger partial charge in [0, 0.05) is 18.4 Å². The first-order chi connectivity index (χ1) is 10.2. The molecule has 0 saturated carbocycles. The summed E-state index contributed by atoms with van der Waals surface area (Å²) in [5.41, 5.74) is 7.60. The second kappa shape index (κ2) is 5.57. The molecule has 21 heavy (non-hydrogen) atoms. The Bertz CT molecular complexity index is 653. The summed E-state index contributed by atoms with van der Waals surface area (Å²) >= 11 is 0. The van der Waals surface area contributed by atoms with Crippen molar-refractivity contribution >= 4 is 11.6 Å². The van der Waals surface area contributed by atoms with Crippen molar-refractivity contribution in [3.05, 3.63) is 42.2 Å². The predicted octanol–water partition coefficient (Wildman–Crippen LogP) is 1.05. The lowest BCUT2D eigenvalue weighted by atomic mass is 10.2. The molecule has 6 nitrogen and oxygen atoms in total. The van der Waals surface area contributed by atoms with Crippen LogP contribution in [-0.2, 0) is 0 Å². The van der Waals surface area contributed by atoms with Crippen LogP contribution in [0, 0.1) is 0 Å². The molecule has 1 aromatic carbocycles.